The molecule has 0 saturated carbocycles. The predicted molar refractivity (Wildman–Crippen MR) is 77.2 cm³/mol. The number of nitrogens with zero attached hydrogens (tertiary/aromatic N) is 3. The van der Waals surface area contributed by atoms with Crippen LogP contribution in [0.1, 0.15) is 12.8 Å². The Kier molecular flexibility index (Phi) is 6.38. The first-order valence-electron chi connectivity index (χ1n) is 6.77. The highest BCUT2D eigenvalue weighted by molar-refractivity contribution is 7.89. The van der Waals surface area contributed by atoms with Crippen molar-refractivity contribution in [2.45, 2.75) is 18.9 Å². The van der Waals surface area contributed by atoms with Crippen molar-refractivity contribution in [3.63, 3.8) is 0 Å². The number of aliphatic carboxylic acids is 1. The summed E-state index contributed by atoms with van der Waals surface area (Å²) in [5.74, 6) is -2.16. The van der Waals surface area contributed by atoms with E-state index in [1.54, 1.807) is 0 Å². The van der Waals surface area contributed by atoms with Crippen LogP contribution in [0.5, 0.6) is 0 Å². The third kappa shape index (κ3) is 5.35. The van der Waals surface area contributed by atoms with Gasteiger partial charge in [-0.05, 0) is 40.0 Å². The Bertz CT molecular complexity index is 418. The molecule has 20 heavy (non-hydrogen) atoms. The second-order valence-electron chi connectivity index (χ2n) is 5.49. The van der Waals surface area contributed by atoms with Crippen LogP contribution in [0.4, 0.5) is 0 Å². The molecular formula is C12H25N3O4S. The molecule has 0 amide bonds. The minimum Gasteiger partial charge on any atom is -0.480 e. The van der Waals surface area contributed by atoms with Gasteiger partial charge in [0.25, 0.3) is 0 Å². The highest BCUT2D eigenvalue weighted by Crippen LogP contribution is 2.14. The number of likely N-dealkylation sites (tertiary alicyclic amines) is 1. The highest BCUT2D eigenvalue weighted by atomic mass is 32.2. The van der Waals surface area contributed by atoms with Gasteiger partial charge < -0.3 is 14.9 Å². The van der Waals surface area contributed by atoms with Crippen LogP contribution >= 0.6 is 0 Å². The van der Waals surface area contributed by atoms with Crippen molar-refractivity contribution in [2.24, 2.45) is 0 Å². The molecule has 1 saturated heterocycles. The number of rotatable bonds is 7. The number of hydrogen-bond acceptors (Lipinski definition) is 5. The zero-order valence-corrected chi connectivity index (χ0v) is 13.3. The van der Waals surface area contributed by atoms with Crippen LogP contribution in [0.25, 0.3) is 0 Å². The zero-order valence-electron chi connectivity index (χ0n) is 12.4. The van der Waals surface area contributed by atoms with Crippen molar-refractivity contribution in [3.8, 4) is 0 Å². The quantitative estimate of drug-likeness (QED) is 0.674. The summed E-state index contributed by atoms with van der Waals surface area (Å²) in [7, 11) is 1.83. The maximum atomic E-state index is 11.7. The molecule has 0 aromatic rings. The molecule has 0 aliphatic carbocycles. The van der Waals surface area contributed by atoms with Crippen LogP contribution in [-0.2, 0) is 14.8 Å². The van der Waals surface area contributed by atoms with E-state index in [0.29, 0.717) is 19.1 Å². The number of carboxylic acid groups (broad SMARTS) is 1. The molecule has 0 bridgehead atoms. The van der Waals surface area contributed by atoms with Crippen molar-refractivity contribution in [1.82, 2.24) is 14.1 Å². The van der Waals surface area contributed by atoms with Crippen molar-refractivity contribution in [3.05, 3.63) is 0 Å². The van der Waals surface area contributed by atoms with E-state index in [9.17, 15) is 13.2 Å². The molecule has 1 fully saturated rings. The molecule has 0 aromatic carbocycles. The molecule has 118 valence electrons. The highest BCUT2D eigenvalue weighted by Gasteiger charge is 2.24. The van der Waals surface area contributed by atoms with Gasteiger partial charge in [0.1, 0.15) is 0 Å². The molecule has 7 nitrogen and oxygen atoms in total. The summed E-state index contributed by atoms with van der Waals surface area (Å²) in [5.41, 5.74) is 0. The lowest BCUT2D eigenvalue weighted by Crippen LogP contribution is -2.45. The summed E-state index contributed by atoms with van der Waals surface area (Å²) in [6.07, 6.45) is 2.16. The fourth-order valence-corrected chi connectivity index (χ4v) is 3.21. The van der Waals surface area contributed by atoms with Gasteiger partial charge in [-0.15, -0.1) is 0 Å². The van der Waals surface area contributed by atoms with E-state index in [1.807, 2.05) is 7.05 Å². The Morgan fingerprint density at radius 1 is 1.25 bits per heavy atom. The van der Waals surface area contributed by atoms with E-state index in [2.05, 4.69) is 16.8 Å². The molecule has 0 atom stereocenters. The lowest BCUT2D eigenvalue weighted by atomic mass is 10.0. The van der Waals surface area contributed by atoms with Crippen LogP contribution in [0, 0.1) is 0 Å². The second kappa shape index (κ2) is 7.35. The first kappa shape index (κ1) is 17.4. The average molecular weight is 307 g/mol. The number of hydrogen-bond donors (Lipinski definition) is 1. The molecular weight excluding hydrogens is 282 g/mol. The summed E-state index contributed by atoms with van der Waals surface area (Å²) >= 11 is 0. The lowest BCUT2D eigenvalue weighted by Gasteiger charge is -2.35. The van der Waals surface area contributed by atoms with Crippen molar-refractivity contribution < 1.29 is 18.3 Å². The fourth-order valence-electron chi connectivity index (χ4n) is 2.32. The van der Waals surface area contributed by atoms with Gasteiger partial charge in [-0.3, -0.25) is 4.79 Å². The molecule has 1 aliphatic heterocycles. The summed E-state index contributed by atoms with van der Waals surface area (Å²) in [5, 5.41) is 8.58. The van der Waals surface area contributed by atoms with Crippen molar-refractivity contribution in [2.75, 3.05) is 53.1 Å². The Morgan fingerprint density at radius 2 is 1.80 bits per heavy atom. The van der Waals surface area contributed by atoms with Gasteiger partial charge in [0.05, 0.1) is 0 Å². The summed E-state index contributed by atoms with van der Waals surface area (Å²) in [6.45, 7) is 3.05. The fraction of sp³-hybridized carbons (Fsp3) is 0.917. The van der Waals surface area contributed by atoms with Gasteiger partial charge in [-0.2, -0.15) is 0 Å². The van der Waals surface area contributed by atoms with Crippen LogP contribution in [0.15, 0.2) is 0 Å². The first-order valence-corrected chi connectivity index (χ1v) is 8.38. The number of sulfonamides is 1. The van der Waals surface area contributed by atoms with Gasteiger partial charge >= 0.3 is 5.97 Å². The van der Waals surface area contributed by atoms with Crippen LogP contribution in [-0.4, -0.2) is 92.7 Å². The van der Waals surface area contributed by atoms with Gasteiger partial charge in [-0.25, -0.2) is 12.7 Å². The molecule has 0 aromatic heterocycles. The van der Waals surface area contributed by atoms with Gasteiger partial charge in [0, 0.05) is 26.2 Å². The van der Waals surface area contributed by atoms with Crippen molar-refractivity contribution >= 4 is 16.0 Å². The molecule has 1 N–H and O–H groups in total. The van der Waals surface area contributed by atoms with E-state index >= 15 is 0 Å². The zero-order chi connectivity index (χ0) is 15.3. The second-order valence-corrected chi connectivity index (χ2v) is 7.56. The molecule has 8 heteroatoms. The minimum atomic E-state index is -3.70. The number of piperidine rings is 1. The predicted octanol–water partition coefficient (Wildman–Crippen LogP) is -0.641. The van der Waals surface area contributed by atoms with E-state index in [-0.39, 0.29) is 0 Å². The molecule has 1 rings (SSSR count). The third-order valence-corrected chi connectivity index (χ3v) is 5.60. The van der Waals surface area contributed by atoms with E-state index in [0.717, 1.165) is 30.2 Å². The monoisotopic (exact) mass is 307 g/mol. The van der Waals surface area contributed by atoms with E-state index < -0.39 is 21.7 Å². The topological polar surface area (TPSA) is 81.2 Å². The van der Waals surface area contributed by atoms with Crippen LogP contribution in [0.2, 0.25) is 0 Å². The summed E-state index contributed by atoms with van der Waals surface area (Å²) < 4.78 is 24.5. The minimum absolute atomic E-state index is 0.318. The standard InChI is InChI=1S/C12H25N3O4S/c1-13-6-4-11(5-7-13)14(2)8-9-15(3)20(18,19)10-12(16)17/h11H,4-10H2,1-3H3,(H,16,17). The molecule has 0 spiro atoms. The van der Waals surface area contributed by atoms with Crippen LogP contribution in [0.3, 0.4) is 0 Å². The normalized spacial score (nSPS) is 18.9. The van der Waals surface area contributed by atoms with Gasteiger partial charge in [0.15, 0.2) is 5.75 Å². The lowest BCUT2D eigenvalue weighted by molar-refractivity contribution is -0.134. The van der Waals surface area contributed by atoms with E-state index in [4.69, 9.17) is 5.11 Å². The first-order chi connectivity index (χ1) is 9.22. The largest absolute Gasteiger partial charge is 0.480 e. The van der Waals surface area contributed by atoms with E-state index in [1.165, 1.54) is 7.05 Å². The van der Waals surface area contributed by atoms with Crippen LogP contribution < -0.4 is 0 Å². The summed E-state index contributed by atoms with van der Waals surface area (Å²) in [4.78, 5) is 15.0. The smallest absolute Gasteiger partial charge is 0.320 e. The molecule has 0 unspecified atom stereocenters. The van der Waals surface area contributed by atoms with Crippen molar-refractivity contribution in [1.29, 1.82) is 0 Å². The molecule has 1 aliphatic rings. The Labute approximate surface area is 121 Å². The number of carboxylic acids is 1. The maximum Gasteiger partial charge on any atom is 0.320 e. The third-order valence-electron chi connectivity index (χ3n) is 3.86. The van der Waals surface area contributed by atoms with Gasteiger partial charge in [-0.1, -0.05) is 0 Å². The van der Waals surface area contributed by atoms with Gasteiger partial charge in [0.2, 0.25) is 10.0 Å². The SMILES string of the molecule is CN1CCC(N(C)CCN(C)S(=O)(=O)CC(=O)O)CC1. The molecule has 1 heterocycles. The summed E-state index contributed by atoms with van der Waals surface area (Å²) in [6, 6.07) is 0.474. The maximum absolute atomic E-state index is 11.7. The number of likely N-dealkylation sites (N-methyl/N-ethyl adjacent to an activating group) is 2. The Morgan fingerprint density at radius 3 is 2.30 bits per heavy atom. The average Bonchev–Trinajstić information content (AvgIpc) is 2.34. The number of carbonyl (C=O) groups is 1. The Hall–Kier alpha value is -0.700. The molecule has 0 radical (unpaired) electrons. The Balaban J connectivity index is 2.40.